The van der Waals surface area contributed by atoms with Gasteiger partial charge in [-0.25, -0.2) is 4.98 Å². The second-order valence-corrected chi connectivity index (χ2v) is 8.97. The normalized spacial score (nSPS) is 14.2. The largest absolute Gasteiger partial charge is 0.360 e. The Balaban J connectivity index is 1.39. The van der Waals surface area contributed by atoms with Gasteiger partial charge in [-0.1, -0.05) is 35.1 Å². The number of amides is 1. The van der Waals surface area contributed by atoms with Gasteiger partial charge in [0.2, 0.25) is 0 Å². The zero-order valence-corrected chi connectivity index (χ0v) is 16.2. The molecule has 1 aliphatic heterocycles. The minimum Gasteiger partial charge on any atom is -0.360 e. The molecule has 0 radical (unpaired) electrons. The summed E-state index contributed by atoms with van der Waals surface area (Å²) in [5.41, 5.74) is 8.99. The summed E-state index contributed by atoms with van der Waals surface area (Å²) < 4.78 is 0.785. The summed E-state index contributed by atoms with van der Waals surface area (Å²) in [6, 6.07) is 9.85. The predicted molar refractivity (Wildman–Crippen MR) is 108 cm³/mol. The third-order valence-corrected chi connectivity index (χ3v) is 6.45. The fraction of sp³-hybridized carbons (Fsp3) is 0.222. The van der Waals surface area contributed by atoms with Crippen molar-refractivity contribution in [2.75, 3.05) is 11.9 Å². The number of nitrogens with two attached hydrogens (primary N) is 1. The Morgan fingerprint density at radius 2 is 2.19 bits per heavy atom. The van der Waals surface area contributed by atoms with Crippen LogP contribution >= 0.6 is 34.3 Å². The van der Waals surface area contributed by atoms with Crippen LogP contribution in [0.4, 0.5) is 5.13 Å². The summed E-state index contributed by atoms with van der Waals surface area (Å²) in [4.78, 5) is 18.5. The lowest BCUT2D eigenvalue weighted by Gasteiger charge is -2.10. The van der Waals surface area contributed by atoms with Gasteiger partial charge in [-0.05, 0) is 35.7 Å². The first-order chi connectivity index (χ1) is 12.6. The molecule has 26 heavy (non-hydrogen) atoms. The van der Waals surface area contributed by atoms with E-state index in [1.165, 1.54) is 4.88 Å². The number of anilines is 1. The van der Waals surface area contributed by atoms with Gasteiger partial charge in [0, 0.05) is 35.8 Å². The molecule has 8 heteroatoms. The smallest absolute Gasteiger partial charge is 0.251 e. The number of thiophene rings is 1. The van der Waals surface area contributed by atoms with E-state index in [4.69, 9.17) is 17.3 Å². The average Bonchev–Trinajstić information content (AvgIpc) is 3.34. The zero-order chi connectivity index (χ0) is 18.1. The summed E-state index contributed by atoms with van der Waals surface area (Å²) in [6.45, 7) is 1.24. The molecule has 0 saturated carbocycles. The van der Waals surface area contributed by atoms with Gasteiger partial charge in [-0.15, -0.1) is 11.3 Å². The van der Waals surface area contributed by atoms with Crippen LogP contribution in [0.3, 0.4) is 0 Å². The number of carbonyl (C=O) groups is 1. The number of thiazole rings is 1. The van der Waals surface area contributed by atoms with E-state index in [1.54, 1.807) is 22.7 Å². The van der Waals surface area contributed by atoms with Gasteiger partial charge in [-0.2, -0.15) is 0 Å². The molecule has 3 aromatic rings. The van der Waals surface area contributed by atoms with Crippen LogP contribution in [0, 0.1) is 0 Å². The van der Waals surface area contributed by atoms with E-state index >= 15 is 0 Å². The minimum absolute atomic E-state index is 0.00984. The number of halogens is 1. The summed E-state index contributed by atoms with van der Waals surface area (Å²) in [7, 11) is 0. The van der Waals surface area contributed by atoms with E-state index in [9.17, 15) is 4.79 Å². The third-order valence-electron chi connectivity index (χ3n) is 4.19. The van der Waals surface area contributed by atoms with E-state index in [-0.39, 0.29) is 11.9 Å². The van der Waals surface area contributed by atoms with Crippen molar-refractivity contribution in [1.82, 2.24) is 10.3 Å². The molecular weight excluding hydrogens is 388 g/mol. The quantitative estimate of drug-likeness (QED) is 0.584. The van der Waals surface area contributed by atoms with Crippen LogP contribution in [0.1, 0.15) is 20.8 Å². The molecule has 4 rings (SSSR count). The van der Waals surface area contributed by atoms with Gasteiger partial charge in [0.25, 0.3) is 5.91 Å². The van der Waals surface area contributed by atoms with Crippen LogP contribution in [-0.4, -0.2) is 23.5 Å². The fourth-order valence-electron chi connectivity index (χ4n) is 2.87. The van der Waals surface area contributed by atoms with E-state index in [0.717, 1.165) is 37.5 Å². The monoisotopic (exact) mass is 404 g/mol. The van der Waals surface area contributed by atoms with Crippen molar-refractivity contribution in [3.8, 4) is 10.4 Å². The Bertz CT molecular complexity index is 952. The number of hydrogen-bond donors (Lipinski definition) is 3. The molecular formula is C18H17ClN4OS2. The highest BCUT2D eigenvalue weighted by molar-refractivity contribution is 7.18. The Morgan fingerprint density at radius 1 is 1.31 bits per heavy atom. The first-order valence-electron chi connectivity index (χ1n) is 8.19. The van der Waals surface area contributed by atoms with Gasteiger partial charge in [0.05, 0.1) is 9.21 Å². The number of aromatic nitrogens is 1. The molecule has 3 heterocycles. The lowest BCUT2D eigenvalue weighted by atomic mass is 10.1. The van der Waals surface area contributed by atoms with Crippen molar-refractivity contribution < 1.29 is 4.79 Å². The van der Waals surface area contributed by atoms with Gasteiger partial charge in [0.1, 0.15) is 0 Å². The number of hydrogen-bond acceptors (Lipinski definition) is 6. The molecule has 0 saturated heterocycles. The maximum atomic E-state index is 11.8. The molecule has 4 N–H and O–H groups in total. The predicted octanol–water partition coefficient (Wildman–Crippen LogP) is 3.75. The Hall–Kier alpha value is -1.93. The number of nitrogens with zero attached hydrogens (tertiary/aromatic N) is 1. The van der Waals surface area contributed by atoms with Crippen molar-refractivity contribution in [2.24, 2.45) is 5.73 Å². The molecule has 0 aliphatic carbocycles. The summed E-state index contributed by atoms with van der Waals surface area (Å²) >= 11 is 9.07. The standard InChI is InChI=1S/C18H17ClN4OS2/c19-16-4-3-13(25-16)6-12(20)8-22-18-23-9-15(26-18)10-1-2-11-7-21-17(24)14(11)5-10/h1-5,9,12H,6-8,20H2,(H,21,24)(H,22,23). The van der Waals surface area contributed by atoms with Gasteiger partial charge < -0.3 is 16.4 Å². The fourth-order valence-corrected chi connectivity index (χ4v) is 4.87. The number of benzene rings is 1. The topological polar surface area (TPSA) is 80.0 Å². The third kappa shape index (κ3) is 3.76. The SMILES string of the molecule is NC(CNc1ncc(-c2ccc3c(c2)C(=O)NC3)s1)Cc1ccc(Cl)s1. The van der Waals surface area contributed by atoms with Crippen molar-refractivity contribution >= 4 is 45.3 Å². The second-order valence-electron chi connectivity index (χ2n) is 6.14. The number of rotatable bonds is 6. The molecule has 1 amide bonds. The molecule has 1 aliphatic rings. The molecule has 1 unspecified atom stereocenters. The highest BCUT2D eigenvalue weighted by Crippen LogP contribution is 2.31. The molecule has 2 aromatic heterocycles. The number of nitrogens with one attached hydrogen (secondary N) is 2. The summed E-state index contributed by atoms with van der Waals surface area (Å²) in [5, 5.41) is 6.96. The van der Waals surface area contributed by atoms with Crippen LogP contribution in [-0.2, 0) is 13.0 Å². The van der Waals surface area contributed by atoms with Crippen molar-refractivity contribution in [1.29, 1.82) is 0 Å². The molecule has 0 bridgehead atoms. The summed E-state index contributed by atoms with van der Waals surface area (Å²) in [5.74, 6) is -0.00984. The van der Waals surface area contributed by atoms with Gasteiger partial charge in [0.15, 0.2) is 5.13 Å². The average molecular weight is 405 g/mol. The first kappa shape index (κ1) is 17.5. The van der Waals surface area contributed by atoms with E-state index in [2.05, 4.69) is 15.6 Å². The molecule has 1 atom stereocenters. The second kappa shape index (κ2) is 7.36. The van der Waals surface area contributed by atoms with Crippen molar-refractivity contribution in [3.05, 3.63) is 56.9 Å². The molecule has 134 valence electrons. The van der Waals surface area contributed by atoms with Crippen LogP contribution in [0.5, 0.6) is 0 Å². The molecule has 1 aromatic carbocycles. The van der Waals surface area contributed by atoms with E-state index < -0.39 is 0 Å². The van der Waals surface area contributed by atoms with Crippen molar-refractivity contribution in [3.63, 3.8) is 0 Å². The van der Waals surface area contributed by atoms with Gasteiger partial charge >= 0.3 is 0 Å². The van der Waals surface area contributed by atoms with Crippen molar-refractivity contribution in [2.45, 2.75) is 19.0 Å². The van der Waals surface area contributed by atoms with Crippen LogP contribution in [0.25, 0.3) is 10.4 Å². The minimum atomic E-state index is -0.0132. The van der Waals surface area contributed by atoms with E-state index in [0.29, 0.717) is 13.1 Å². The maximum Gasteiger partial charge on any atom is 0.251 e. The van der Waals surface area contributed by atoms with Crippen LogP contribution in [0.15, 0.2) is 36.5 Å². The first-order valence-corrected chi connectivity index (χ1v) is 10.2. The number of fused-ring (bicyclic) bond motifs is 1. The van der Waals surface area contributed by atoms with Crippen LogP contribution < -0.4 is 16.4 Å². The lowest BCUT2D eigenvalue weighted by Crippen LogP contribution is -2.30. The Kier molecular flexibility index (Phi) is 4.95. The Morgan fingerprint density at radius 3 is 3.00 bits per heavy atom. The van der Waals surface area contributed by atoms with E-state index in [1.807, 2.05) is 36.5 Å². The highest BCUT2D eigenvalue weighted by atomic mass is 35.5. The maximum absolute atomic E-state index is 11.8. The lowest BCUT2D eigenvalue weighted by molar-refractivity contribution is 0.0966. The molecule has 0 fully saturated rings. The van der Waals surface area contributed by atoms with Crippen LogP contribution in [0.2, 0.25) is 4.34 Å². The highest BCUT2D eigenvalue weighted by Gasteiger charge is 2.19. The number of carbonyl (C=O) groups excluding carboxylic acids is 1. The Labute approximate surface area is 164 Å². The zero-order valence-electron chi connectivity index (χ0n) is 13.8. The summed E-state index contributed by atoms with van der Waals surface area (Å²) in [6.07, 6.45) is 2.61. The van der Waals surface area contributed by atoms with Gasteiger partial charge in [-0.3, -0.25) is 4.79 Å². The molecule has 5 nitrogen and oxygen atoms in total. The molecule has 0 spiro atoms.